The van der Waals surface area contributed by atoms with Crippen LogP contribution in [0.5, 0.6) is 0 Å². The van der Waals surface area contributed by atoms with Gasteiger partial charge in [-0.3, -0.25) is 9.78 Å². The Morgan fingerprint density at radius 3 is 2.67 bits per heavy atom. The molecule has 5 heteroatoms. The first-order valence-corrected chi connectivity index (χ1v) is 7.22. The summed E-state index contributed by atoms with van der Waals surface area (Å²) in [6.45, 7) is 1.99. The van der Waals surface area contributed by atoms with Gasteiger partial charge in [-0.15, -0.1) is 0 Å². The molecule has 0 aliphatic carbocycles. The van der Waals surface area contributed by atoms with Gasteiger partial charge in [0.1, 0.15) is 5.69 Å². The van der Waals surface area contributed by atoms with Crippen LogP contribution in [0.3, 0.4) is 0 Å². The second kappa shape index (κ2) is 5.61. The Balaban J connectivity index is 1.89. The Bertz CT molecular complexity index is 833. The third-order valence-corrected chi connectivity index (χ3v) is 3.71. The number of aromatic nitrogens is 2. The normalized spacial score (nSPS) is 10.6. The number of amides is 1. The molecular weight excluding hydrogens is 330 g/mol. The summed E-state index contributed by atoms with van der Waals surface area (Å²) in [5.74, 6) is -0.280. The summed E-state index contributed by atoms with van der Waals surface area (Å²) in [6, 6.07) is 13.2. The third-order valence-electron chi connectivity index (χ3n) is 3.05. The molecule has 0 spiro atoms. The van der Waals surface area contributed by atoms with Crippen LogP contribution in [-0.4, -0.2) is 15.9 Å². The molecule has 0 saturated heterocycles. The summed E-state index contributed by atoms with van der Waals surface area (Å²) in [5, 5.41) is 2.83. The van der Waals surface area contributed by atoms with E-state index in [4.69, 9.17) is 0 Å². The van der Waals surface area contributed by atoms with Crippen molar-refractivity contribution < 1.29 is 4.79 Å². The molecule has 4 nitrogen and oxygen atoms in total. The molecule has 0 saturated carbocycles. The molecule has 3 rings (SSSR count). The number of aryl methyl sites for hydroxylation is 1. The van der Waals surface area contributed by atoms with E-state index in [1.54, 1.807) is 0 Å². The van der Waals surface area contributed by atoms with Crippen molar-refractivity contribution in [3.8, 4) is 0 Å². The number of hydrogen-bond acceptors (Lipinski definition) is 3. The first kappa shape index (κ1) is 13.7. The number of carbonyl (C=O) groups excluding carboxylic acids is 1. The number of halogens is 1. The summed E-state index contributed by atoms with van der Waals surface area (Å²) in [4.78, 5) is 20.8. The summed E-state index contributed by atoms with van der Waals surface area (Å²) in [5.41, 5.74) is 3.59. The van der Waals surface area contributed by atoms with Crippen molar-refractivity contribution in [2.24, 2.45) is 0 Å². The quantitative estimate of drug-likeness (QED) is 0.767. The summed E-state index contributed by atoms with van der Waals surface area (Å²) in [6.07, 6.45) is 1.49. The van der Waals surface area contributed by atoms with E-state index in [2.05, 4.69) is 31.2 Å². The highest BCUT2D eigenvalue weighted by atomic mass is 79.9. The maximum Gasteiger partial charge on any atom is 0.275 e. The number of anilines is 1. The third kappa shape index (κ3) is 2.92. The van der Waals surface area contributed by atoms with Gasteiger partial charge in [-0.05, 0) is 52.7 Å². The average Bonchev–Trinajstić information content (AvgIpc) is 2.49. The maximum atomic E-state index is 12.3. The molecule has 1 N–H and O–H groups in total. The van der Waals surface area contributed by atoms with Gasteiger partial charge in [-0.25, -0.2) is 4.98 Å². The number of carbonyl (C=O) groups is 1. The van der Waals surface area contributed by atoms with Gasteiger partial charge in [-0.2, -0.15) is 0 Å². The van der Waals surface area contributed by atoms with Crippen molar-refractivity contribution in [3.05, 3.63) is 64.4 Å². The van der Waals surface area contributed by atoms with E-state index in [0.29, 0.717) is 16.9 Å². The fraction of sp³-hybridized carbons (Fsp3) is 0.0625. The summed E-state index contributed by atoms with van der Waals surface area (Å²) >= 11 is 3.44. The topological polar surface area (TPSA) is 54.9 Å². The standard InChI is InChI=1S/C16H12BrN3O/c1-10-6-7-12(11(17)8-10)20-16(21)15-9-18-13-4-2-3-5-14(13)19-15/h2-9H,1H3,(H,20,21). The molecule has 0 aliphatic heterocycles. The van der Waals surface area contributed by atoms with Gasteiger partial charge in [0.05, 0.1) is 22.9 Å². The molecule has 0 aliphatic rings. The fourth-order valence-electron chi connectivity index (χ4n) is 1.97. The zero-order chi connectivity index (χ0) is 14.8. The Hall–Kier alpha value is -2.27. The lowest BCUT2D eigenvalue weighted by atomic mass is 10.2. The molecule has 1 heterocycles. The van der Waals surface area contributed by atoms with Crippen molar-refractivity contribution in [2.75, 3.05) is 5.32 Å². The number of nitrogens with zero attached hydrogens (tertiary/aromatic N) is 2. The molecule has 0 fully saturated rings. The van der Waals surface area contributed by atoms with Crippen molar-refractivity contribution in [1.82, 2.24) is 9.97 Å². The minimum absolute atomic E-state index is 0.280. The summed E-state index contributed by atoms with van der Waals surface area (Å²) in [7, 11) is 0. The molecule has 104 valence electrons. The molecule has 3 aromatic rings. The zero-order valence-corrected chi connectivity index (χ0v) is 12.9. The average molecular weight is 342 g/mol. The van der Waals surface area contributed by atoms with Crippen LogP contribution in [0.1, 0.15) is 16.1 Å². The van der Waals surface area contributed by atoms with E-state index in [1.165, 1.54) is 6.20 Å². The van der Waals surface area contributed by atoms with Gasteiger partial charge < -0.3 is 5.32 Å². The smallest absolute Gasteiger partial charge is 0.275 e. The number of benzene rings is 2. The van der Waals surface area contributed by atoms with Gasteiger partial charge in [0.15, 0.2) is 0 Å². The fourth-order valence-corrected chi connectivity index (χ4v) is 2.57. The van der Waals surface area contributed by atoms with E-state index < -0.39 is 0 Å². The lowest BCUT2D eigenvalue weighted by molar-refractivity contribution is 0.102. The molecule has 0 atom stereocenters. The van der Waals surface area contributed by atoms with Crippen molar-refractivity contribution in [3.63, 3.8) is 0 Å². The monoisotopic (exact) mass is 341 g/mol. The van der Waals surface area contributed by atoms with Crippen LogP contribution >= 0.6 is 15.9 Å². The first-order chi connectivity index (χ1) is 10.1. The predicted octanol–water partition coefficient (Wildman–Crippen LogP) is 3.95. The van der Waals surface area contributed by atoms with Gasteiger partial charge in [0, 0.05) is 4.47 Å². The Morgan fingerprint density at radius 2 is 1.90 bits per heavy atom. The van der Waals surface area contributed by atoms with Crippen molar-refractivity contribution >= 4 is 38.6 Å². The number of hydrogen-bond donors (Lipinski definition) is 1. The second-order valence-electron chi connectivity index (χ2n) is 4.68. The van der Waals surface area contributed by atoms with Crippen LogP contribution in [0.4, 0.5) is 5.69 Å². The van der Waals surface area contributed by atoms with Gasteiger partial charge in [-0.1, -0.05) is 18.2 Å². The van der Waals surface area contributed by atoms with Crippen molar-refractivity contribution in [1.29, 1.82) is 0 Å². The summed E-state index contributed by atoms with van der Waals surface area (Å²) < 4.78 is 0.838. The van der Waals surface area contributed by atoms with Crippen LogP contribution in [0.15, 0.2) is 53.1 Å². The maximum absolute atomic E-state index is 12.3. The van der Waals surface area contributed by atoms with Crippen molar-refractivity contribution in [2.45, 2.75) is 6.92 Å². The molecule has 0 radical (unpaired) electrons. The van der Waals surface area contributed by atoms with E-state index >= 15 is 0 Å². The zero-order valence-electron chi connectivity index (χ0n) is 11.3. The molecule has 0 unspecified atom stereocenters. The minimum Gasteiger partial charge on any atom is -0.320 e. The number of nitrogens with one attached hydrogen (secondary N) is 1. The van der Waals surface area contributed by atoms with E-state index in [0.717, 1.165) is 15.6 Å². The molecule has 1 aromatic heterocycles. The van der Waals surface area contributed by atoms with Gasteiger partial charge in [0.2, 0.25) is 0 Å². The molecule has 0 bridgehead atoms. The highest BCUT2D eigenvalue weighted by Gasteiger charge is 2.11. The van der Waals surface area contributed by atoms with Crippen LogP contribution in [-0.2, 0) is 0 Å². The highest BCUT2D eigenvalue weighted by Crippen LogP contribution is 2.23. The first-order valence-electron chi connectivity index (χ1n) is 6.43. The second-order valence-corrected chi connectivity index (χ2v) is 5.54. The largest absolute Gasteiger partial charge is 0.320 e. The molecular formula is C16H12BrN3O. The Morgan fingerprint density at radius 1 is 1.14 bits per heavy atom. The molecule has 1 amide bonds. The highest BCUT2D eigenvalue weighted by molar-refractivity contribution is 9.10. The number of rotatable bonds is 2. The lowest BCUT2D eigenvalue weighted by Crippen LogP contribution is -2.14. The van der Waals surface area contributed by atoms with Crippen LogP contribution in [0, 0.1) is 6.92 Å². The Labute approximate surface area is 130 Å². The lowest BCUT2D eigenvalue weighted by Gasteiger charge is -2.08. The van der Waals surface area contributed by atoms with Crippen LogP contribution in [0.2, 0.25) is 0 Å². The molecule has 2 aromatic carbocycles. The number of fused-ring (bicyclic) bond motifs is 1. The van der Waals surface area contributed by atoms with E-state index in [-0.39, 0.29) is 5.91 Å². The molecule has 21 heavy (non-hydrogen) atoms. The number of para-hydroxylation sites is 2. The van der Waals surface area contributed by atoms with Gasteiger partial charge in [0.25, 0.3) is 5.91 Å². The van der Waals surface area contributed by atoms with Crippen LogP contribution < -0.4 is 5.32 Å². The predicted molar refractivity (Wildman–Crippen MR) is 86.4 cm³/mol. The SMILES string of the molecule is Cc1ccc(NC(=O)c2cnc3ccccc3n2)c(Br)c1. The van der Waals surface area contributed by atoms with E-state index in [9.17, 15) is 4.79 Å². The minimum atomic E-state index is -0.280. The Kier molecular flexibility index (Phi) is 3.66. The van der Waals surface area contributed by atoms with E-state index in [1.807, 2.05) is 49.4 Å². The van der Waals surface area contributed by atoms with Gasteiger partial charge >= 0.3 is 0 Å². The van der Waals surface area contributed by atoms with Crippen LogP contribution in [0.25, 0.3) is 11.0 Å².